The molecule has 0 spiro atoms. The molecule has 1 heterocycles. The third-order valence-corrected chi connectivity index (χ3v) is 5.45. The molecule has 26 heavy (non-hydrogen) atoms. The number of anilines is 2. The van der Waals surface area contributed by atoms with Crippen LogP contribution >= 0.6 is 0 Å². The SMILES string of the molecule is COc1cccc(OC)c1S(=O)(=O)Nc1ccc2c(c1)CN(C)C(=O)N2. The molecule has 3 rings (SSSR count). The second-order valence-electron chi connectivity index (χ2n) is 5.76. The molecule has 9 heteroatoms. The lowest BCUT2D eigenvalue weighted by molar-refractivity contribution is 0.218. The summed E-state index contributed by atoms with van der Waals surface area (Å²) < 4.78 is 38.7. The molecule has 1 aliphatic heterocycles. The van der Waals surface area contributed by atoms with Gasteiger partial charge in [-0.3, -0.25) is 4.72 Å². The highest BCUT2D eigenvalue weighted by Crippen LogP contribution is 2.35. The minimum absolute atomic E-state index is 0.0758. The van der Waals surface area contributed by atoms with E-state index in [4.69, 9.17) is 9.47 Å². The van der Waals surface area contributed by atoms with Crippen LogP contribution in [0.25, 0.3) is 0 Å². The van der Waals surface area contributed by atoms with Crippen LogP contribution in [0.15, 0.2) is 41.3 Å². The first kappa shape index (κ1) is 17.9. The zero-order valence-corrected chi connectivity index (χ0v) is 15.4. The lowest BCUT2D eigenvalue weighted by Crippen LogP contribution is -2.35. The van der Waals surface area contributed by atoms with Crippen LogP contribution in [0.3, 0.4) is 0 Å². The van der Waals surface area contributed by atoms with Gasteiger partial charge in [-0.2, -0.15) is 0 Å². The third kappa shape index (κ3) is 3.25. The molecule has 0 atom stereocenters. The van der Waals surface area contributed by atoms with Gasteiger partial charge in [0.15, 0.2) is 4.90 Å². The standard InChI is InChI=1S/C17H19N3O5S/c1-20-10-11-9-12(7-8-13(11)18-17(20)21)19-26(22,23)16-14(24-2)5-4-6-15(16)25-3/h4-9,19H,10H2,1-3H3,(H,18,21). The molecule has 0 fully saturated rings. The Labute approximate surface area is 151 Å². The van der Waals surface area contributed by atoms with Crippen molar-refractivity contribution in [3.8, 4) is 11.5 Å². The first-order valence-corrected chi connectivity index (χ1v) is 9.23. The molecule has 0 saturated carbocycles. The van der Waals surface area contributed by atoms with Crippen molar-refractivity contribution in [2.45, 2.75) is 11.4 Å². The summed E-state index contributed by atoms with van der Waals surface area (Å²) in [5, 5.41) is 2.74. The number of hydrogen-bond donors (Lipinski definition) is 2. The molecule has 0 saturated heterocycles. The maximum atomic E-state index is 12.9. The van der Waals surface area contributed by atoms with Gasteiger partial charge in [0.1, 0.15) is 11.5 Å². The molecule has 2 N–H and O–H groups in total. The van der Waals surface area contributed by atoms with E-state index in [0.29, 0.717) is 17.9 Å². The molecule has 8 nitrogen and oxygen atoms in total. The molecular weight excluding hydrogens is 358 g/mol. The molecule has 138 valence electrons. The third-order valence-electron chi connectivity index (χ3n) is 4.00. The lowest BCUT2D eigenvalue weighted by atomic mass is 10.1. The Morgan fingerprint density at radius 2 is 1.77 bits per heavy atom. The highest BCUT2D eigenvalue weighted by Gasteiger charge is 2.26. The Hall–Kier alpha value is -2.94. The van der Waals surface area contributed by atoms with Gasteiger partial charge < -0.3 is 19.7 Å². The number of rotatable bonds is 5. The van der Waals surface area contributed by atoms with E-state index < -0.39 is 10.0 Å². The molecule has 2 aromatic rings. The number of sulfonamides is 1. The fourth-order valence-corrected chi connectivity index (χ4v) is 4.11. The molecule has 2 aromatic carbocycles. The van der Waals surface area contributed by atoms with E-state index in [1.165, 1.54) is 19.1 Å². The Balaban J connectivity index is 1.97. The van der Waals surface area contributed by atoms with Gasteiger partial charge in [-0.05, 0) is 35.9 Å². The van der Waals surface area contributed by atoms with Gasteiger partial charge in [-0.25, -0.2) is 13.2 Å². The van der Waals surface area contributed by atoms with Crippen molar-refractivity contribution in [3.05, 3.63) is 42.0 Å². The van der Waals surface area contributed by atoms with E-state index in [9.17, 15) is 13.2 Å². The lowest BCUT2D eigenvalue weighted by Gasteiger charge is -2.26. The average Bonchev–Trinajstić information content (AvgIpc) is 2.61. The number of benzene rings is 2. The van der Waals surface area contributed by atoms with E-state index in [1.807, 2.05) is 0 Å². The number of amides is 2. The Morgan fingerprint density at radius 1 is 1.12 bits per heavy atom. The topological polar surface area (TPSA) is 97.0 Å². The number of urea groups is 1. The molecule has 1 aliphatic rings. The van der Waals surface area contributed by atoms with Crippen LogP contribution in [-0.2, 0) is 16.6 Å². The number of fused-ring (bicyclic) bond motifs is 1. The number of carbonyl (C=O) groups is 1. The summed E-state index contributed by atoms with van der Waals surface area (Å²) in [6, 6.07) is 9.48. The maximum Gasteiger partial charge on any atom is 0.321 e. The zero-order chi connectivity index (χ0) is 18.9. The van der Waals surface area contributed by atoms with Crippen LogP contribution in [0.2, 0.25) is 0 Å². The molecular formula is C17H19N3O5S. The van der Waals surface area contributed by atoms with Crippen LogP contribution < -0.4 is 19.5 Å². The molecule has 2 amide bonds. The first-order valence-electron chi connectivity index (χ1n) is 7.74. The average molecular weight is 377 g/mol. The maximum absolute atomic E-state index is 12.9. The quantitative estimate of drug-likeness (QED) is 0.834. The van der Waals surface area contributed by atoms with Gasteiger partial charge in [0.25, 0.3) is 10.0 Å². The van der Waals surface area contributed by atoms with Crippen molar-refractivity contribution in [2.75, 3.05) is 31.3 Å². The summed E-state index contributed by atoms with van der Waals surface area (Å²) in [5.41, 5.74) is 1.84. The second kappa shape index (κ2) is 6.75. The van der Waals surface area contributed by atoms with Crippen molar-refractivity contribution in [1.82, 2.24) is 4.90 Å². The number of nitrogens with zero attached hydrogens (tertiary/aromatic N) is 1. The smallest absolute Gasteiger partial charge is 0.321 e. The molecule has 0 aromatic heterocycles. The van der Waals surface area contributed by atoms with Gasteiger partial charge in [0, 0.05) is 25.0 Å². The van der Waals surface area contributed by atoms with E-state index in [0.717, 1.165) is 5.56 Å². The number of methoxy groups -OCH3 is 2. The van der Waals surface area contributed by atoms with Crippen molar-refractivity contribution in [3.63, 3.8) is 0 Å². The summed E-state index contributed by atoms with van der Waals surface area (Å²) in [5.74, 6) is 0.364. The normalized spacial score (nSPS) is 13.7. The summed E-state index contributed by atoms with van der Waals surface area (Å²) in [6.45, 7) is 0.384. The fraction of sp³-hybridized carbons (Fsp3) is 0.235. The van der Waals surface area contributed by atoms with Crippen molar-refractivity contribution in [2.24, 2.45) is 0 Å². The minimum Gasteiger partial charge on any atom is -0.495 e. The highest BCUT2D eigenvalue weighted by atomic mass is 32.2. The van der Waals surface area contributed by atoms with Crippen LogP contribution in [0.1, 0.15) is 5.56 Å². The van der Waals surface area contributed by atoms with Gasteiger partial charge in [0.2, 0.25) is 0 Å². The highest BCUT2D eigenvalue weighted by molar-refractivity contribution is 7.93. The first-order chi connectivity index (χ1) is 12.4. The van der Waals surface area contributed by atoms with Gasteiger partial charge in [-0.1, -0.05) is 6.07 Å². The molecule has 0 bridgehead atoms. The molecule has 0 unspecified atom stereocenters. The van der Waals surface area contributed by atoms with E-state index in [1.54, 1.807) is 43.4 Å². The van der Waals surface area contributed by atoms with Crippen molar-refractivity contribution < 1.29 is 22.7 Å². The Kier molecular flexibility index (Phi) is 4.64. The van der Waals surface area contributed by atoms with Gasteiger partial charge >= 0.3 is 6.03 Å². The zero-order valence-electron chi connectivity index (χ0n) is 14.6. The number of hydrogen-bond acceptors (Lipinski definition) is 5. The summed E-state index contributed by atoms with van der Waals surface area (Å²) in [7, 11) is 0.499. The van der Waals surface area contributed by atoms with E-state index >= 15 is 0 Å². The Bertz CT molecular complexity index is 937. The van der Waals surface area contributed by atoms with Crippen LogP contribution in [0, 0.1) is 0 Å². The minimum atomic E-state index is -3.95. The Morgan fingerprint density at radius 3 is 2.38 bits per heavy atom. The van der Waals surface area contributed by atoms with Crippen LogP contribution in [0.5, 0.6) is 11.5 Å². The van der Waals surface area contributed by atoms with Crippen molar-refractivity contribution >= 4 is 27.4 Å². The van der Waals surface area contributed by atoms with Crippen molar-refractivity contribution in [1.29, 1.82) is 0 Å². The monoisotopic (exact) mass is 377 g/mol. The second-order valence-corrected chi connectivity index (χ2v) is 7.37. The fourth-order valence-electron chi connectivity index (χ4n) is 2.74. The van der Waals surface area contributed by atoms with Crippen LogP contribution in [-0.4, -0.2) is 40.6 Å². The molecule has 0 radical (unpaired) electrons. The van der Waals surface area contributed by atoms with Gasteiger partial charge in [-0.15, -0.1) is 0 Å². The predicted octanol–water partition coefficient (Wildman–Crippen LogP) is 2.48. The number of ether oxygens (including phenoxy) is 2. The summed E-state index contributed by atoms with van der Waals surface area (Å²) in [4.78, 5) is 13.1. The number of nitrogens with one attached hydrogen (secondary N) is 2. The van der Waals surface area contributed by atoms with E-state index in [2.05, 4.69) is 10.0 Å². The van der Waals surface area contributed by atoms with E-state index in [-0.39, 0.29) is 22.4 Å². The van der Waals surface area contributed by atoms with Crippen LogP contribution in [0.4, 0.5) is 16.2 Å². The number of carbonyl (C=O) groups excluding carboxylic acids is 1. The summed E-state index contributed by atoms with van der Waals surface area (Å²) in [6.07, 6.45) is 0. The largest absolute Gasteiger partial charge is 0.495 e. The predicted molar refractivity (Wildman–Crippen MR) is 97.3 cm³/mol. The van der Waals surface area contributed by atoms with Gasteiger partial charge in [0.05, 0.1) is 14.2 Å². The summed E-state index contributed by atoms with van der Waals surface area (Å²) >= 11 is 0. The molecule has 0 aliphatic carbocycles.